The van der Waals surface area contributed by atoms with Gasteiger partial charge in [-0.25, -0.2) is 4.52 Å². The van der Waals surface area contributed by atoms with Gasteiger partial charge in [0.1, 0.15) is 5.52 Å². The lowest BCUT2D eigenvalue weighted by Gasteiger charge is -2.31. The van der Waals surface area contributed by atoms with E-state index in [-0.39, 0.29) is 18.4 Å². The van der Waals surface area contributed by atoms with Crippen LogP contribution in [0.15, 0.2) is 66.7 Å². The van der Waals surface area contributed by atoms with Crippen LogP contribution in [-0.2, 0) is 11.3 Å². The zero-order valence-electron chi connectivity index (χ0n) is 22.4. The van der Waals surface area contributed by atoms with Gasteiger partial charge in [0.25, 0.3) is 5.95 Å². The van der Waals surface area contributed by atoms with E-state index in [0.717, 1.165) is 59.3 Å². The monoisotopic (exact) mass is 536 g/mol. The van der Waals surface area contributed by atoms with Crippen molar-refractivity contribution >= 4 is 34.1 Å². The van der Waals surface area contributed by atoms with Crippen molar-refractivity contribution in [1.82, 2.24) is 24.1 Å². The Morgan fingerprint density at radius 2 is 1.85 bits per heavy atom. The number of rotatable bonds is 8. The molecule has 0 bridgehead atoms. The fraction of sp³-hybridized carbons (Fsp3) is 0.267. The van der Waals surface area contributed by atoms with Crippen molar-refractivity contribution in [2.24, 2.45) is 11.5 Å². The quantitative estimate of drug-likeness (QED) is 0.278. The van der Waals surface area contributed by atoms with E-state index >= 15 is 0 Å². The minimum Gasteiger partial charge on any atom is -0.369 e. The number of primary amides is 2. The number of nitrogens with two attached hydrogens (primary N) is 2. The molecule has 6 rings (SSSR count). The van der Waals surface area contributed by atoms with Gasteiger partial charge < -0.3 is 16.8 Å². The van der Waals surface area contributed by atoms with Crippen LogP contribution in [0, 0.1) is 6.92 Å². The normalized spacial score (nSPS) is 16.0. The third-order valence-electron chi connectivity index (χ3n) is 7.63. The smallest absolute Gasteiger partial charge is 0.254 e. The van der Waals surface area contributed by atoms with Crippen molar-refractivity contribution in [2.75, 3.05) is 25.0 Å². The maximum atomic E-state index is 12.1. The van der Waals surface area contributed by atoms with Gasteiger partial charge in [0.2, 0.25) is 11.8 Å². The van der Waals surface area contributed by atoms with Gasteiger partial charge in [-0.3, -0.25) is 19.1 Å². The molecule has 10 heteroatoms. The molecule has 1 unspecified atom stereocenters. The minimum atomic E-state index is -0.477. The molecular formula is C30H32N8O2. The van der Waals surface area contributed by atoms with E-state index < -0.39 is 5.91 Å². The third-order valence-corrected chi connectivity index (χ3v) is 7.63. The Kier molecular flexibility index (Phi) is 6.69. The molecular weight excluding hydrogens is 504 g/mol. The number of fused-ring (bicyclic) bond motifs is 2. The lowest BCUT2D eigenvalue weighted by atomic mass is 9.95. The average molecular weight is 537 g/mol. The van der Waals surface area contributed by atoms with Crippen LogP contribution in [0.3, 0.4) is 0 Å². The largest absolute Gasteiger partial charge is 0.369 e. The molecule has 0 saturated carbocycles. The average Bonchev–Trinajstić information content (AvgIpc) is 3.52. The number of nitrogens with zero attached hydrogens (tertiary/aromatic N) is 5. The summed E-state index contributed by atoms with van der Waals surface area (Å²) >= 11 is 0. The number of aryl methyl sites for hydroxylation is 1. The summed E-state index contributed by atoms with van der Waals surface area (Å²) in [7, 11) is 0. The zero-order chi connectivity index (χ0) is 27.8. The number of anilines is 1. The van der Waals surface area contributed by atoms with Crippen LogP contribution in [-0.4, -0.2) is 55.5 Å². The Morgan fingerprint density at radius 3 is 2.62 bits per heavy atom. The highest BCUT2D eigenvalue weighted by atomic mass is 16.1. The molecule has 1 aliphatic heterocycles. The lowest BCUT2D eigenvalue weighted by Crippen LogP contribution is -2.40. The number of carbonyl (C=O) groups excluding carboxylic acids is 2. The molecule has 0 spiro atoms. The summed E-state index contributed by atoms with van der Waals surface area (Å²) in [5.74, 6) is 0.582. The highest BCUT2D eigenvalue weighted by Gasteiger charge is 2.26. The van der Waals surface area contributed by atoms with Gasteiger partial charge >= 0.3 is 0 Å². The van der Waals surface area contributed by atoms with Crippen LogP contribution in [0.4, 0.5) is 5.82 Å². The first-order valence-electron chi connectivity index (χ1n) is 13.5. The number of hydrogen-bond donors (Lipinski definition) is 3. The van der Waals surface area contributed by atoms with Gasteiger partial charge in [-0.15, -0.1) is 5.10 Å². The van der Waals surface area contributed by atoms with Crippen molar-refractivity contribution in [2.45, 2.75) is 32.2 Å². The number of benzene rings is 2. The van der Waals surface area contributed by atoms with Crippen molar-refractivity contribution in [3.8, 4) is 5.95 Å². The summed E-state index contributed by atoms with van der Waals surface area (Å²) in [6, 6.07) is 21.8. The number of nitrogens with one attached hydrogen (secondary N) is 1. The zero-order valence-corrected chi connectivity index (χ0v) is 22.4. The van der Waals surface area contributed by atoms with Gasteiger partial charge in [0.15, 0.2) is 5.82 Å². The van der Waals surface area contributed by atoms with Crippen LogP contribution in [0.5, 0.6) is 0 Å². The van der Waals surface area contributed by atoms with Crippen molar-refractivity contribution < 1.29 is 9.59 Å². The van der Waals surface area contributed by atoms with Gasteiger partial charge in [-0.1, -0.05) is 36.4 Å². The molecule has 1 fully saturated rings. The first-order valence-corrected chi connectivity index (χ1v) is 13.5. The van der Waals surface area contributed by atoms with Gasteiger partial charge in [-0.05, 0) is 62.2 Å². The Hall–Kier alpha value is -4.70. The number of piperidine rings is 1. The van der Waals surface area contributed by atoms with E-state index in [1.807, 2.05) is 58.5 Å². The van der Waals surface area contributed by atoms with Crippen LogP contribution in [0.1, 0.15) is 46.1 Å². The van der Waals surface area contributed by atoms with E-state index in [4.69, 9.17) is 21.5 Å². The molecule has 5 N–H and O–H groups in total. The number of aromatic nitrogens is 4. The molecule has 1 atom stereocenters. The molecule has 0 aliphatic carbocycles. The van der Waals surface area contributed by atoms with Crippen LogP contribution >= 0.6 is 0 Å². The maximum absolute atomic E-state index is 12.1. The molecule has 10 nitrogen and oxygen atoms in total. The number of likely N-dealkylation sites (tertiary alicyclic amines) is 1. The van der Waals surface area contributed by atoms with E-state index in [1.165, 1.54) is 0 Å². The van der Waals surface area contributed by atoms with E-state index in [0.29, 0.717) is 23.9 Å². The summed E-state index contributed by atoms with van der Waals surface area (Å²) in [6.45, 7) is 4.40. The molecule has 2 amide bonds. The van der Waals surface area contributed by atoms with Crippen molar-refractivity contribution in [1.29, 1.82) is 0 Å². The second-order valence-corrected chi connectivity index (χ2v) is 10.4. The standard InChI is InChI=1S/C30H32N8O2/c1-19-15-23-22(28(32)40)10-5-11-25(23)37(19)30-34-29(33-16-20-7-3-2-4-8-20)26-13-12-24(38(26)35-30)21-9-6-14-36(17-21)18-27(31)39/h2-5,7-8,10-13,15,21H,6,9,14,16-18H2,1H3,(H2,31,39)(H2,32,40)(H,33,34,35). The summed E-state index contributed by atoms with van der Waals surface area (Å²) in [6.07, 6.45) is 1.96. The van der Waals surface area contributed by atoms with Gasteiger partial charge in [-0.2, -0.15) is 4.98 Å². The molecule has 5 aromatic rings. The third kappa shape index (κ3) is 4.77. The predicted molar refractivity (Wildman–Crippen MR) is 154 cm³/mol. The molecule has 1 aliphatic rings. The first kappa shape index (κ1) is 25.6. The summed E-state index contributed by atoms with van der Waals surface area (Å²) < 4.78 is 3.93. The Balaban J connectivity index is 1.48. The second-order valence-electron chi connectivity index (χ2n) is 10.4. The minimum absolute atomic E-state index is 0.185. The van der Waals surface area contributed by atoms with Gasteiger partial charge in [0, 0.05) is 41.3 Å². The Bertz CT molecular complexity index is 1720. The van der Waals surface area contributed by atoms with Crippen molar-refractivity contribution in [3.63, 3.8) is 0 Å². The predicted octanol–water partition coefficient (Wildman–Crippen LogP) is 3.36. The van der Waals surface area contributed by atoms with Crippen LogP contribution < -0.4 is 16.8 Å². The molecule has 4 heterocycles. The molecule has 0 radical (unpaired) electrons. The first-order chi connectivity index (χ1) is 19.4. The molecule has 3 aromatic heterocycles. The number of amides is 2. The van der Waals surface area contributed by atoms with Gasteiger partial charge in [0.05, 0.1) is 12.1 Å². The fourth-order valence-electron chi connectivity index (χ4n) is 5.82. The molecule has 40 heavy (non-hydrogen) atoms. The van der Waals surface area contributed by atoms with Crippen molar-refractivity contribution in [3.05, 3.63) is 89.2 Å². The van der Waals surface area contributed by atoms with E-state index in [9.17, 15) is 9.59 Å². The topological polar surface area (TPSA) is 137 Å². The number of hydrogen-bond acceptors (Lipinski definition) is 6. The highest BCUT2D eigenvalue weighted by molar-refractivity contribution is 6.06. The summed E-state index contributed by atoms with van der Waals surface area (Å²) in [5.41, 5.74) is 16.4. The Labute approximate surface area is 231 Å². The molecule has 204 valence electrons. The second kappa shape index (κ2) is 10.5. The summed E-state index contributed by atoms with van der Waals surface area (Å²) in [5, 5.41) is 9.33. The highest BCUT2D eigenvalue weighted by Crippen LogP contribution is 2.31. The van der Waals surface area contributed by atoms with E-state index in [1.54, 1.807) is 6.07 Å². The maximum Gasteiger partial charge on any atom is 0.254 e. The van der Waals surface area contributed by atoms with Crippen LogP contribution in [0.25, 0.3) is 22.4 Å². The fourth-order valence-corrected chi connectivity index (χ4v) is 5.82. The molecule has 1 saturated heterocycles. The lowest BCUT2D eigenvalue weighted by molar-refractivity contribution is -0.119. The molecule has 2 aromatic carbocycles. The SMILES string of the molecule is Cc1cc2c(C(N)=O)cccc2n1-c1nc(NCc2ccccc2)c2ccc(C3CCCN(CC(N)=O)C3)n2n1. The Morgan fingerprint density at radius 1 is 1.02 bits per heavy atom. The van der Waals surface area contributed by atoms with E-state index in [2.05, 4.69) is 28.4 Å². The summed E-state index contributed by atoms with van der Waals surface area (Å²) in [4.78, 5) is 30.8. The number of carbonyl (C=O) groups is 2. The van der Waals surface area contributed by atoms with Crippen LogP contribution in [0.2, 0.25) is 0 Å².